The zero-order valence-corrected chi connectivity index (χ0v) is 14.9. The first kappa shape index (κ1) is 16.3. The molecule has 0 spiro atoms. The molecule has 0 radical (unpaired) electrons. The predicted molar refractivity (Wildman–Crippen MR) is 95.0 cm³/mol. The van der Waals surface area contributed by atoms with Gasteiger partial charge >= 0.3 is 0 Å². The monoisotopic (exact) mass is 345 g/mol. The van der Waals surface area contributed by atoms with Crippen molar-refractivity contribution in [3.63, 3.8) is 0 Å². The highest BCUT2D eigenvalue weighted by Crippen LogP contribution is 2.29. The molecule has 2 heteroatoms. The highest BCUT2D eigenvalue weighted by Gasteiger charge is 2.16. The van der Waals surface area contributed by atoms with Gasteiger partial charge in [-0.25, -0.2) is 0 Å². The van der Waals surface area contributed by atoms with E-state index in [1.807, 2.05) is 7.05 Å². The van der Waals surface area contributed by atoms with E-state index in [1.165, 1.54) is 27.8 Å². The smallest absolute Gasteiger partial charge is 0.0577 e. The summed E-state index contributed by atoms with van der Waals surface area (Å²) in [7, 11) is 2.04. The minimum Gasteiger partial charge on any atom is -0.309 e. The molecule has 0 saturated heterocycles. The Kier molecular flexibility index (Phi) is 5.60. The molecule has 1 unspecified atom stereocenters. The predicted octanol–water partition coefficient (Wildman–Crippen LogP) is 5.19. The van der Waals surface area contributed by atoms with Crippen LogP contribution in [0.2, 0.25) is 0 Å². The summed E-state index contributed by atoms with van der Waals surface area (Å²) >= 11 is 3.62. The number of aryl methyl sites for hydroxylation is 3. The molecule has 1 atom stereocenters. The maximum absolute atomic E-state index is 3.62. The molecule has 21 heavy (non-hydrogen) atoms. The van der Waals surface area contributed by atoms with Gasteiger partial charge in [-0.3, -0.25) is 0 Å². The second-order valence-electron chi connectivity index (χ2n) is 5.52. The molecule has 0 bridgehead atoms. The zero-order valence-electron chi connectivity index (χ0n) is 13.3. The lowest BCUT2D eigenvalue weighted by molar-refractivity contribution is 0.682. The van der Waals surface area contributed by atoms with Crippen molar-refractivity contribution in [2.45, 2.75) is 39.7 Å². The van der Waals surface area contributed by atoms with Gasteiger partial charge in [0.15, 0.2) is 0 Å². The molecule has 0 heterocycles. The quantitative estimate of drug-likeness (QED) is 0.785. The van der Waals surface area contributed by atoms with Crippen molar-refractivity contribution < 1.29 is 0 Å². The van der Waals surface area contributed by atoms with Crippen LogP contribution in [0.5, 0.6) is 0 Å². The third-order valence-corrected chi connectivity index (χ3v) is 4.45. The molecule has 112 valence electrons. The van der Waals surface area contributed by atoms with Gasteiger partial charge in [0.2, 0.25) is 0 Å². The van der Waals surface area contributed by atoms with Gasteiger partial charge in [-0.1, -0.05) is 54.0 Å². The van der Waals surface area contributed by atoms with Gasteiger partial charge in [0, 0.05) is 4.47 Å². The second-order valence-corrected chi connectivity index (χ2v) is 6.44. The van der Waals surface area contributed by atoms with E-state index in [1.54, 1.807) is 0 Å². The van der Waals surface area contributed by atoms with Crippen molar-refractivity contribution in [1.82, 2.24) is 5.32 Å². The minimum absolute atomic E-state index is 0.239. The topological polar surface area (TPSA) is 12.0 Å². The van der Waals surface area contributed by atoms with Crippen LogP contribution in [0.15, 0.2) is 40.9 Å². The summed E-state index contributed by atoms with van der Waals surface area (Å²) in [6.45, 7) is 6.58. The summed E-state index contributed by atoms with van der Waals surface area (Å²) in [6.07, 6.45) is 2.13. The highest BCUT2D eigenvalue weighted by atomic mass is 79.9. The van der Waals surface area contributed by atoms with E-state index in [0.29, 0.717) is 0 Å². The maximum atomic E-state index is 3.62. The van der Waals surface area contributed by atoms with Crippen LogP contribution >= 0.6 is 15.9 Å². The van der Waals surface area contributed by atoms with E-state index in [2.05, 4.69) is 78.4 Å². The van der Waals surface area contributed by atoms with E-state index in [4.69, 9.17) is 0 Å². The Morgan fingerprint density at radius 1 is 1.05 bits per heavy atom. The lowest BCUT2D eigenvalue weighted by Gasteiger charge is -2.22. The molecule has 2 aromatic rings. The Morgan fingerprint density at radius 2 is 1.81 bits per heavy atom. The number of benzene rings is 2. The fourth-order valence-corrected chi connectivity index (χ4v) is 3.51. The van der Waals surface area contributed by atoms with E-state index >= 15 is 0 Å². The number of hydrogen-bond donors (Lipinski definition) is 1. The van der Waals surface area contributed by atoms with Crippen LogP contribution in [0, 0.1) is 6.92 Å². The summed E-state index contributed by atoms with van der Waals surface area (Å²) in [4.78, 5) is 0. The van der Waals surface area contributed by atoms with Gasteiger partial charge in [-0.2, -0.15) is 0 Å². The summed E-state index contributed by atoms with van der Waals surface area (Å²) in [6, 6.07) is 13.8. The Balaban J connectivity index is 2.54. The number of rotatable bonds is 5. The molecule has 0 aliphatic carbocycles. The molecule has 0 saturated carbocycles. The fraction of sp³-hybridized carbons (Fsp3) is 0.368. The van der Waals surface area contributed by atoms with Crippen LogP contribution in [-0.4, -0.2) is 7.05 Å². The molecule has 1 nitrogen and oxygen atoms in total. The van der Waals surface area contributed by atoms with Crippen molar-refractivity contribution in [2.75, 3.05) is 7.05 Å². The lowest BCUT2D eigenvalue weighted by atomic mass is 9.91. The number of halogens is 1. The lowest BCUT2D eigenvalue weighted by Crippen LogP contribution is -2.19. The van der Waals surface area contributed by atoms with Gasteiger partial charge in [0.25, 0.3) is 0 Å². The van der Waals surface area contributed by atoms with E-state index < -0.39 is 0 Å². The maximum Gasteiger partial charge on any atom is 0.0577 e. The molecule has 2 aromatic carbocycles. The Bertz CT molecular complexity index is 599. The normalized spacial score (nSPS) is 12.4. The molecule has 0 aromatic heterocycles. The first-order chi connectivity index (χ1) is 10.1. The van der Waals surface area contributed by atoms with Crippen LogP contribution in [0.4, 0.5) is 0 Å². The van der Waals surface area contributed by atoms with Gasteiger partial charge in [0.05, 0.1) is 6.04 Å². The second kappa shape index (κ2) is 7.24. The molecular formula is C19H24BrN. The third-order valence-electron chi connectivity index (χ3n) is 4.00. The molecule has 0 aliphatic rings. The largest absolute Gasteiger partial charge is 0.309 e. The van der Waals surface area contributed by atoms with Crippen molar-refractivity contribution in [1.29, 1.82) is 0 Å². The van der Waals surface area contributed by atoms with Gasteiger partial charge in [-0.05, 0) is 66.8 Å². The SMILES string of the molecule is CCc1ccc(CC)c(C(NC)c2cc(C)cc(Br)c2)c1. The highest BCUT2D eigenvalue weighted by molar-refractivity contribution is 9.10. The number of hydrogen-bond acceptors (Lipinski definition) is 1. The third kappa shape index (κ3) is 3.75. The fourth-order valence-electron chi connectivity index (χ4n) is 2.89. The minimum atomic E-state index is 0.239. The number of nitrogens with one attached hydrogen (secondary N) is 1. The van der Waals surface area contributed by atoms with Crippen LogP contribution in [0.1, 0.15) is 47.7 Å². The van der Waals surface area contributed by atoms with Gasteiger partial charge < -0.3 is 5.32 Å². The van der Waals surface area contributed by atoms with E-state index in [0.717, 1.165) is 17.3 Å². The van der Waals surface area contributed by atoms with E-state index in [-0.39, 0.29) is 6.04 Å². The summed E-state index contributed by atoms with van der Waals surface area (Å²) in [5, 5.41) is 3.49. The first-order valence-electron chi connectivity index (χ1n) is 7.65. The Labute approximate surface area is 136 Å². The Morgan fingerprint density at radius 3 is 2.38 bits per heavy atom. The summed E-state index contributed by atoms with van der Waals surface area (Å²) in [5.41, 5.74) is 6.81. The summed E-state index contributed by atoms with van der Waals surface area (Å²) < 4.78 is 1.14. The zero-order chi connectivity index (χ0) is 15.4. The molecule has 1 N–H and O–H groups in total. The molecule has 0 amide bonds. The van der Waals surface area contributed by atoms with Crippen molar-refractivity contribution in [3.8, 4) is 0 Å². The van der Waals surface area contributed by atoms with Gasteiger partial charge in [-0.15, -0.1) is 0 Å². The molecular weight excluding hydrogens is 322 g/mol. The summed E-state index contributed by atoms with van der Waals surface area (Å²) in [5.74, 6) is 0. The van der Waals surface area contributed by atoms with Crippen molar-refractivity contribution >= 4 is 15.9 Å². The molecule has 2 rings (SSSR count). The van der Waals surface area contributed by atoms with Gasteiger partial charge in [0.1, 0.15) is 0 Å². The Hall–Kier alpha value is -1.12. The molecule has 0 aliphatic heterocycles. The van der Waals surface area contributed by atoms with Crippen LogP contribution in [0.3, 0.4) is 0 Å². The molecule has 0 fully saturated rings. The van der Waals surface area contributed by atoms with Crippen molar-refractivity contribution in [2.24, 2.45) is 0 Å². The van der Waals surface area contributed by atoms with Crippen LogP contribution < -0.4 is 5.32 Å². The first-order valence-corrected chi connectivity index (χ1v) is 8.44. The van der Waals surface area contributed by atoms with E-state index in [9.17, 15) is 0 Å². The standard InChI is InChI=1S/C19H24BrN/c1-5-14-7-8-15(6-2)18(11-14)19(21-4)16-9-13(3)10-17(20)12-16/h7-12,19,21H,5-6H2,1-4H3. The van der Waals surface area contributed by atoms with Crippen LogP contribution in [-0.2, 0) is 12.8 Å². The van der Waals surface area contributed by atoms with Crippen molar-refractivity contribution in [3.05, 3.63) is 68.7 Å². The average molecular weight is 346 g/mol. The van der Waals surface area contributed by atoms with Crippen LogP contribution in [0.25, 0.3) is 0 Å². The average Bonchev–Trinajstić information content (AvgIpc) is 2.47.